The van der Waals surface area contributed by atoms with Crippen molar-refractivity contribution in [3.05, 3.63) is 34.7 Å². The van der Waals surface area contributed by atoms with Crippen LogP contribution in [0.3, 0.4) is 0 Å². The molecule has 0 atom stereocenters. The molecule has 0 aliphatic rings. The van der Waals surface area contributed by atoms with E-state index in [1.54, 1.807) is 0 Å². The Bertz CT molecular complexity index is 448. The Morgan fingerprint density at radius 1 is 1.27 bits per heavy atom. The Balaban J connectivity index is 0.00000112. The molecule has 3 heteroatoms. The Kier molecular flexibility index (Phi) is 4.55. The van der Waals surface area contributed by atoms with Crippen LogP contribution in [0.4, 0.5) is 0 Å². The third-order valence-electron chi connectivity index (χ3n) is 2.43. The van der Waals surface area contributed by atoms with E-state index < -0.39 is 0 Å². The number of fused-ring (bicyclic) bond motifs is 1. The minimum Gasteiger partial charge on any atom is -1.00 e. The second kappa shape index (κ2) is 5.27. The molecule has 2 rings (SSSR count). The molecule has 82 valence electrons. The average Bonchev–Trinajstić information content (AvgIpc) is 2.49. The first kappa shape index (κ1) is 12.9. The lowest BCUT2D eigenvalue weighted by molar-refractivity contribution is -0.872. The van der Waals surface area contributed by atoms with Crippen LogP contribution >= 0.6 is 11.3 Å². The van der Waals surface area contributed by atoms with Crippen LogP contribution in [-0.4, -0.2) is 14.1 Å². The standard InChI is InChI=1S/C12H15NS.HI/c1-9-5-4-6-11-12(9)10(8-14-11)7-13(2)3;/h4-6,8H,7H2,1-3H3;1H. The molecule has 0 bridgehead atoms. The van der Waals surface area contributed by atoms with Crippen molar-refractivity contribution in [2.75, 3.05) is 14.1 Å². The number of thiophene rings is 1. The van der Waals surface area contributed by atoms with Crippen molar-refractivity contribution < 1.29 is 28.9 Å². The van der Waals surface area contributed by atoms with Gasteiger partial charge in [0.25, 0.3) is 0 Å². The second-order valence-corrected chi connectivity index (χ2v) is 5.00. The maximum Gasteiger partial charge on any atom is 0.104 e. The predicted molar refractivity (Wildman–Crippen MR) is 63.1 cm³/mol. The SMILES string of the molecule is Cc1cccc2scc(C[NH+](C)C)c12.[I-]. The van der Waals surface area contributed by atoms with Gasteiger partial charge in [0, 0.05) is 21.0 Å². The minimum absolute atomic E-state index is 0. The van der Waals surface area contributed by atoms with Crippen molar-refractivity contribution >= 4 is 21.4 Å². The number of hydrogen-bond donors (Lipinski definition) is 1. The summed E-state index contributed by atoms with van der Waals surface area (Å²) in [4.78, 5) is 1.48. The Morgan fingerprint density at radius 2 is 2.00 bits per heavy atom. The number of quaternary nitrogens is 1. The highest BCUT2D eigenvalue weighted by Crippen LogP contribution is 2.28. The number of aryl methyl sites for hydroxylation is 1. The van der Waals surface area contributed by atoms with E-state index in [1.165, 1.54) is 26.1 Å². The molecule has 0 unspecified atom stereocenters. The first-order valence-corrected chi connectivity index (χ1v) is 5.81. The molecule has 1 aromatic carbocycles. The summed E-state index contributed by atoms with van der Waals surface area (Å²) < 4.78 is 1.42. The van der Waals surface area contributed by atoms with Gasteiger partial charge in [-0.3, -0.25) is 0 Å². The van der Waals surface area contributed by atoms with Gasteiger partial charge in [-0.15, -0.1) is 11.3 Å². The molecule has 0 aliphatic carbocycles. The first-order chi connectivity index (χ1) is 6.68. The van der Waals surface area contributed by atoms with Gasteiger partial charge in [-0.25, -0.2) is 0 Å². The van der Waals surface area contributed by atoms with Gasteiger partial charge in [0.1, 0.15) is 6.54 Å². The van der Waals surface area contributed by atoms with Crippen LogP contribution in [0.25, 0.3) is 10.1 Å². The van der Waals surface area contributed by atoms with Gasteiger partial charge in [0.2, 0.25) is 0 Å². The summed E-state index contributed by atoms with van der Waals surface area (Å²) in [6, 6.07) is 6.55. The van der Waals surface area contributed by atoms with Crippen LogP contribution in [0.2, 0.25) is 0 Å². The molecule has 0 fully saturated rings. The third kappa shape index (κ3) is 2.71. The van der Waals surface area contributed by atoms with Crippen molar-refractivity contribution in [3.63, 3.8) is 0 Å². The van der Waals surface area contributed by atoms with Crippen molar-refractivity contribution in [1.82, 2.24) is 0 Å². The van der Waals surface area contributed by atoms with Crippen molar-refractivity contribution in [2.45, 2.75) is 13.5 Å². The molecule has 0 saturated heterocycles. The molecule has 0 spiro atoms. The molecule has 2 aromatic rings. The van der Waals surface area contributed by atoms with E-state index in [4.69, 9.17) is 0 Å². The summed E-state index contributed by atoms with van der Waals surface area (Å²) in [7, 11) is 4.39. The smallest absolute Gasteiger partial charge is 0.104 e. The van der Waals surface area contributed by atoms with Gasteiger partial charge in [-0.1, -0.05) is 12.1 Å². The van der Waals surface area contributed by atoms with E-state index in [-0.39, 0.29) is 24.0 Å². The Labute approximate surface area is 112 Å². The lowest BCUT2D eigenvalue weighted by Crippen LogP contribution is -3.04. The number of nitrogens with one attached hydrogen (secondary N) is 1. The summed E-state index contributed by atoms with van der Waals surface area (Å²) in [5.74, 6) is 0. The summed E-state index contributed by atoms with van der Waals surface area (Å²) in [6.45, 7) is 3.31. The van der Waals surface area contributed by atoms with E-state index in [0.717, 1.165) is 6.54 Å². The number of benzene rings is 1. The first-order valence-electron chi connectivity index (χ1n) is 4.93. The molecule has 1 nitrogen and oxygen atoms in total. The normalized spacial score (nSPS) is 10.7. The topological polar surface area (TPSA) is 4.44 Å². The fourth-order valence-electron chi connectivity index (χ4n) is 1.86. The molecular formula is C12H16INS. The van der Waals surface area contributed by atoms with E-state index in [9.17, 15) is 0 Å². The van der Waals surface area contributed by atoms with Gasteiger partial charge in [0.05, 0.1) is 14.1 Å². The van der Waals surface area contributed by atoms with Crippen molar-refractivity contribution in [3.8, 4) is 0 Å². The number of rotatable bonds is 2. The largest absolute Gasteiger partial charge is 1.00 e. The van der Waals surface area contributed by atoms with Crippen LogP contribution in [0, 0.1) is 6.92 Å². The zero-order valence-corrected chi connectivity index (χ0v) is 12.3. The molecular weight excluding hydrogens is 317 g/mol. The summed E-state index contributed by atoms with van der Waals surface area (Å²) in [5, 5.41) is 3.77. The van der Waals surface area contributed by atoms with Crippen LogP contribution in [0.5, 0.6) is 0 Å². The molecule has 0 saturated carbocycles. The molecule has 1 aromatic heterocycles. The lowest BCUT2D eigenvalue weighted by atomic mass is 10.1. The molecule has 1 heterocycles. The van der Waals surface area contributed by atoms with E-state index in [0.29, 0.717) is 0 Å². The van der Waals surface area contributed by atoms with Crippen molar-refractivity contribution in [1.29, 1.82) is 0 Å². The maximum absolute atomic E-state index is 2.30. The molecule has 1 N–H and O–H groups in total. The highest BCUT2D eigenvalue weighted by Gasteiger charge is 2.08. The van der Waals surface area contributed by atoms with Gasteiger partial charge in [-0.2, -0.15) is 0 Å². The van der Waals surface area contributed by atoms with Crippen LogP contribution in [-0.2, 0) is 6.54 Å². The van der Waals surface area contributed by atoms with Crippen LogP contribution in [0.15, 0.2) is 23.6 Å². The maximum atomic E-state index is 2.30. The monoisotopic (exact) mass is 333 g/mol. The van der Waals surface area contributed by atoms with Gasteiger partial charge >= 0.3 is 0 Å². The highest BCUT2D eigenvalue weighted by atomic mass is 127. The lowest BCUT2D eigenvalue weighted by Gasteiger charge is -2.06. The zero-order chi connectivity index (χ0) is 10.1. The van der Waals surface area contributed by atoms with E-state index >= 15 is 0 Å². The molecule has 0 amide bonds. The molecule has 0 radical (unpaired) electrons. The summed E-state index contributed by atoms with van der Waals surface area (Å²) in [5.41, 5.74) is 2.89. The summed E-state index contributed by atoms with van der Waals surface area (Å²) >= 11 is 1.86. The third-order valence-corrected chi connectivity index (χ3v) is 3.42. The van der Waals surface area contributed by atoms with Gasteiger partial charge in [0.15, 0.2) is 0 Å². The second-order valence-electron chi connectivity index (χ2n) is 4.09. The van der Waals surface area contributed by atoms with Gasteiger partial charge in [-0.05, 0) is 18.6 Å². The zero-order valence-electron chi connectivity index (χ0n) is 9.30. The average molecular weight is 333 g/mol. The Hall–Kier alpha value is -0.130. The quantitative estimate of drug-likeness (QED) is 0.663. The fraction of sp³-hybridized carbons (Fsp3) is 0.333. The van der Waals surface area contributed by atoms with E-state index in [1.807, 2.05) is 11.3 Å². The highest BCUT2D eigenvalue weighted by molar-refractivity contribution is 7.17. The Morgan fingerprint density at radius 3 is 2.67 bits per heavy atom. The summed E-state index contributed by atoms with van der Waals surface area (Å²) in [6.07, 6.45) is 0. The van der Waals surface area contributed by atoms with Crippen LogP contribution < -0.4 is 28.9 Å². The number of hydrogen-bond acceptors (Lipinski definition) is 1. The number of halogens is 1. The van der Waals surface area contributed by atoms with Gasteiger partial charge < -0.3 is 28.9 Å². The van der Waals surface area contributed by atoms with E-state index in [2.05, 4.69) is 44.6 Å². The molecule has 15 heavy (non-hydrogen) atoms. The minimum atomic E-state index is 0. The predicted octanol–water partition coefficient (Wildman–Crippen LogP) is -1.14. The van der Waals surface area contributed by atoms with Crippen molar-refractivity contribution in [2.24, 2.45) is 0 Å². The fourth-order valence-corrected chi connectivity index (χ4v) is 2.89. The molecule has 0 aliphatic heterocycles. The van der Waals surface area contributed by atoms with Crippen LogP contribution in [0.1, 0.15) is 11.1 Å².